The number of aliphatic carboxylic acids is 2. The van der Waals surface area contributed by atoms with E-state index < -0.39 is 108 Å². The Morgan fingerprint density at radius 3 is 0.939 bits per heavy atom. The van der Waals surface area contributed by atoms with E-state index in [1.54, 1.807) is 0 Å². The number of esters is 12. The molecule has 0 rings (SSSR count). The van der Waals surface area contributed by atoms with Gasteiger partial charge in [0.05, 0.1) is 6.42 Å². The highest BCUT2D eigenvalue weighted by molar-refractivity contribution is 7.81. The van der Waals surface area contributed by atoms with E-state index in [0.29, 0.717) is 24.3 Å². The summed E-state index contributed by atoms with van der Waals surface area (Å²) in [6.45, 7) is 0. The van der Waals surface area contributed by atoms with Crippen LogP contribution in [0, 0.1) is 0 Å². The largest absolute Gasteiger partial charge is 0.478 e. The van der Waals surface area contributed by atoms with Crippen LogP contribution in [0.2, 0.25) is 0 Å². The second kappa shape index (κ2) is 21.8. The Hall–Kier alpha value is -6.91. The molecule has 1 atom stereocenters. The third-order valence-corrected chi connectivity index (χ3v) is 4.31. The fraction of sp³-hybridized carbons (Fsp3) is 0.154. The highest BCUT2D eigenvalue weighted by Gasteiger charge is 2.24. The summed E-state index contributed by atoms with van der Waals surface area (Å²) in [5, 5.41) is 14.9. The van der Waals surface area contributed by atoms with E-state index in [2.05, 4.69) is 41.0 Å². The number of hydrogen-bond donors (Lipinski definition) is 3. The minimum absolute atomic E-state index is 0.264. The highest BCUT2D eigenvalue weighted by Crippen LogP contribution is 2.07. The fourth-order valence-electron chi connectivity index (χ4n) is 2.15. The molecule has 0 aliphatic heterocycles. The third-order valence-electron chi connectivity index (χ3n) is 3.92. The maximum atomic E-state index is 11.9. The molecule has 260 valence electrons. The summed E-state index contributed by atoms with van der Waals surface area (Å²) in [4.78, 5) is 159. The first kappa shape index (κ1) is 42.1. The molecular weight excluding hydrogens is 696 g/mol. The van der Waals surface area contributed by atoms with E-state index in [0.717, 1.165) is 0 Å². The van der Waals surface area contributed by atoms with Gasteiger partial charge in [-0.15, -0.1) is 0 Å². The molecule has 0 amide bonds. The van der Waals surface area contributed by atoms with E-state index in [4.69, 9.17) is 10.2 Å². The zero-order valence-electron chi connectivity index (χ0n) is 23.8. The van der Waals surface area contributed by atoms with Crippen molar-refractivity contribution >= 4 is 96.2 Å². The van der Waals surface area contributed by atoms with Crippen LogP contribution in [-0.2, 0) is 95.5 Å². The molecule has 0 radical (unpaired) electrons. The van der Waals surface area contributed by atoms with Crippen LogP contribution in [0.3, 0.4) is 0 Å². The molecule has 0 aromatic rings. The van der Waals surface area contributed by atoms with Crippen molar-refractivity contribution in [3.05, 3.63) is 48.6 Å². The smallest absolute Gasteiger partial charge is 0.338 e. The Balaban J connectivity index is 4.61. The van der Waals surface area contributed by atoms with Crippen molar-refractivity contribution in [3.8, 4) is 0 Å². The molecule has 0 bridgehead atoms. The Labute approximate surface area is 275 Å². The lowest BCUT2D eigenvalue weighted by Gasteiger charge is -2.07. The predicted molar refractivity (Wildman–Crippen MR) is 145 cm³/mol. The molecule has 22 nitrogen and oxygen atoms in total. The Kier molecular flexibility index (Phi) is 18.7. The molecule has 0 saturated heterocycles. The minimum Gasteiger partial charge on any atom is -0.478 e. The van der Waals surface area contributed by atoms with Crippen LogP contribution < -0.4 is 0 Å². The van der Waals surface area contributed by atoms with E-state index in [1.807, 2.05) is 0 Å². The number of carboxylic acids is 2. The molecule has 0 aliphatic rings. The van der Waals surface area contributed by atoms with Crippen molar-refractivity contribution in [2.45, 2.75) is 24.5 Å². The molecule has 2 N–H and O–H groups in total. The first-order chi connectivity index (χ1) is 22.8. The van der Waals surface area contributed by atoms with Crippen molar-refractivity contribution in [1.82, 2.24) is 0 Å². The predicted octanol–water partition coefficient (Wildman–Crippen LogP) is -2.73. The maximum Gasteiger partial charge on any atom is 0.338 e. The van der Waals surface area contributed by atoms with E-state index in [1.165, 1.54) is 0 Å². The van der Waals surface area contributed by atoms with Crippen molar-refractivity contribution in [2.75, 3.05) is 0 Å². The van der Waals surface area contributed by atoms with Gasteiger partial charge in [-0.25, -0.2) is 38.4 Å². The summed E-state index contributed by atoms with van der Waals surface area (Å²) in [6.07, 6.45) is -1.12. The average molecular weight is 714 g/mol. The van der Waals surface area contributed by atoms with Crippen LogP contribution in [0.5, 0.6) is 0 Å². The van der Waals surface area contributed by atoms with Crippen molar-refractivity contribution in [2.24, 2.45) is 0 Å². The third kappa shape index (κ3) is 22.3. The summed E-state index contributed by atoms with van der Waals surface area (Å²) >= 11 is 3.67. The Bertz CT molecular complexity index is 1570. The van der Waals surface area contributed by atoms with Gasteiger partial charge in [-0.2, -0.15) is 12.6 Å². The first-order valence-corrected chi connectivity index (χ1v) is 12.6. The van der Waals surface area contributed by atoms with Crippen LogP contribution in [0.25, 0.3) is 0 Å². The maximum absolute atomic E-state index is 11.9. The van der Waals surface area contributed by atoms with Gasteiger partial charge in [0.1, 0.15) is 18.1 Å². The lowest BCUT2D eigenvalue weighted by atomic mass is 10.3. The van der Waals surface area contributed by atoms with Crippen molar-refractivity contribution in [3.63, 3.8) is 0 Å². The number of carboxylic acid groups (broad SMARTS) is 2. The fourth-order valence-corrected chi connectivity index (χ4v) is 2.35. The monoisotopic (exact) mass is 714 g/mol. The van der Waals surface area contributed by atoms with Crippen LogP contribution in [0.4, 0.5) is 0 Å². The molecule has 23 heteroatoms. The zero-order chi connectivity index (χ0) is 37.7. The standard InChI is InChI=1S/C26H18O22S/c27-13(28)1-3-15(31)44-22(38)10-24(40)46-18(34)6-5-17(33)43-21(37)9-12(49)26(42)48-20(36)8-7-19(35)47-25(41)11-23(39)45-16(32)4-2-14(29)30/h1-8,12,49H,9-11H2,(H,27,28)(H,29,30)/b3-1-,4-2-,6-5-,8-7-. The summed E-state index contributed by atoms with van der Waals surface area (Å²) in [5.41, 5.74) is 0. The van der Waals surface area contributed by atoms with Gasteiger partial charge in [0.15, 0.2) is 0 Å². The van der Waals surface area contributed by atoms with E-state index in [-0.39, 0.29) is 24.3 Å². The minimum atomic E-state index is -1.75. The summed E-state index contributed by atoms with van der Waals surface area (Å²) in [6, 6.07) is 0. The molecule has 1 unspecified atom stereocenters. The first-order valence-electron chi connectivity index (χ1n) is 12.1. The number of carbonyl (C=O) groups is 14. The molecule has 0 spiro atoms. The lowest BCUT2D eigenvalue weighted by molar-refractivity contribution is -0.166. The summed E-state index contributed by atoms with van der Waals surface area (Å²) in [5.74, 6) is -21.3. The highest BCUT2D eigenvalue weighted by atomic mass is 32.1. The molecule has 0 heterocycles. The van der Waals surface area contributed by atoms with E-state index >= 15 is 0 Å². The van der Waals surface area contributed by atoms with Crippen LogP contribution in [0.15, 0.2) is 48.6 Å². The normalized spacial score (nSPS) is 11.3. The lowest BCUT2D eigenvalue weighted by Crippen LogP contribution is -2.25. The molecule has 0 aromatic carbocycles. The molecule has 0 aromatic heterocycles. The van der Waals surface area contributed by atoms with Gasteiger partial charge >= 0.3 is 83.6 Å². The number of thiol groups is 1. The summed E-state index contributed by atoms with van der Waals surface area (Å²) < 4.78 is 24.7. The molecule has 49 heavy (non-hydrogen) atoms. The number of hydrogen-bond acceptors (Lipinski definition) is 21. The van der Waals surface area contributed by atoms with Crippen molar-refractivity contribution in [1.29, 1.82) is 0 Å². The van der Waals surface area contributed by atoms with Gasteiger partial charge in [-0.3, -0.25) is 28.8 Å². The number of carbonyl (C=O) groups excluding carboxylic acids is 12. The summed E-state index contributed by atoms with van der Waals surface area (Å²) in [7, 11) is 0. The molecule has 0 fully saturated rings. The van der Waals surface area contributed by atoms with Crippen molar-refractivity contribution < 1.29 is 106 Å². The number of rotatable bonds is 15. The molecule has 0 aliphatic carbocycles. The second-order valence-electron chi connectivity index (χ2n) is 7.79. The van der Waals surface area contributed by atoms with Crippen LogP contribution in [-0.4, -0.2) is 99.0 Å². The van der Waals surface area contributed by atoms with Gasteiger partial charge in [0.25, 0.3) is 0 Å². The average Bonchev–Trinajstić information content (AvgIpc) is 2.96. The van der Waals surface area contributed by atoms with Gasteiger partial charge in [0, 0.05) is 48.6 Å². The molecule has 0 saturated carbocycles. The zero-order valence-corrected chi connectivity index (χ0v) is 24.7. The second-order valence-corrected chi connectivity index (χ2v) is 8.41. The number of ether oxygens (including phenoxy) is 6. The van der Waals surface area contributed by atoms with Gasteiger partial charge < -0.3 is 38.6 Å². The SMILES string of the molecule is O=C(O)/C=C\C(=O)OC(=O)CC(=O)OC(=O)/C=C\C(=O)OC(=O)CC(S)C(=O)OC(=O)/C=C\C(=O)OC(=O)CC(=O)OC(=O)/C=C\C(=O)O. The van der Waals surface area contributed by atoms with Crippen LogP contribution in [0.1, 0.15) is 19.3 Å². The Morgan fingerprint density at radius 2 is 0.653 bits per heavy atom. The van der Waals surface area contributed by atoms with Gasteiger partial charge in [-0.05, 0) is 0 Å². The van der Waals surface area contributed by atoms with Crippen LogP contribution >= 0.6 is 12.6 Å². The van der Waals surface area contributed by atoms with Gasteiger partial charge in [-0.1, -0.05) is 0 Å². The quantitative estimate of drug-likeness (QED) is 0.0509. The molecular formula is C26H18O22S. The van der Waals surface area contributed by atoms with E-state index in [9.17, 15) is 67.1 Å². The van der Waals surface area contributed by atoms with Gasteiger partial charge in [0.2, 0.25) is 0 Å². The topological polar surface area (TPSA) is 335 Å². The Morgan fingerprint density at radius 1 is 0.408 bits per heavy atom.